The van der Waals surface area contributed by atoms with E-state index in [4.69, 9.17) is 0 Å². The van der Waals surface area contributed by atoms with Crippen molar-refractivity contribution in [1.82, 2.24) is 5.32 Å². The Balaban J connectivity index is 1.73. The second kappa shape index (κ2) is 8.91. The minimum absolute atomic E-state index is 0.583. The SMILES string of the molecule is CNC(CCCc1ccccc1)CSc1cccc(C)c1. The Labute approximate surface area is 133 Å². The first-order valence-corrected chi connectivity index (χ1v) is 8.67. The maximum Gasteiger partial charge on any atom is 0.0158 e. The van der Waals surface area contributed by atoms with E-state index in [9.17, 15) is 0 Å². The predicted octanol–water partition coefficient (Wildman–Crippen LogP) is 4.70. The molecule has 1 N–H and O–H groups in total. The molecule has 0 aliphatic rings. The lowest BCUT2D eigenvalue weighted by Gasteiger charge is -2.16. The molecule has 0 aliphatic heterocycles. The Morgan fingerprint density at radius 1 is 1.05 bits per heavy atom. The van der Waals surface area contributed by atoms with Crippen LogP contribution in [0.25, 0.3) is 0 Å². The van der Waals surface area contributed by atoms with Gasteiger partial charge in [-0.2, -0.15) is 0 Å². The minimum Gasteiger partial charge on any atom is -0.316 e. The Morgan fingerprint density at radius 2 is 1.86 bits per heavy atom. The standard InChI is InChI=1S/C19H25NS/c1-16-8-6-13-19(14-16)21-15-18(20-2)12-7-11-17-9-4-3-5-10-17/h3-6,8-10,13-14,18,20H,7,11-12,15H2,1-2H3. The largest absolute Gasteiger partial charge is 0.316 e. The van der Waals surface area contributed by atoms with E-state index in [-0.39, 0.29) is 0 Å². The molecule has 0 heterocycles. The van der Waals surface area contributed by atoms with Crippen LogP contribution in [-0.2, 0) is 6.42 Å². The molecule has 21 heavy (non-hydrogen) atoms. The lowest BCUT2D eigenvalue weighted by Crippen LogP contribution is -2.27. The molecule has 2 heteroatoms. The summed E-state index contributed by atoms with van der Waals surface area (Å²) >= 11 is 1.95. The summed E-state index contributed by atoms with van der Waals surface area (Å²) in [6, 6.07) is 20.1. The number of aryl methyl sites for hydroxylation is 2. The molecule has 1 nitrogen and oxygen atoms in total. The van der Waals surface area contributed by atoms with E-state index >= 15 is 0 Å². The fourth-order valence-corrected chi connectivity index (χ4v) is 3.58. The molecule has 0 saturated heterocycles. The second-order valence-corrected chi connectivity index (χ2v) is 6.58. The van der Waals surface area contributed by atoms with Crippen LogP contribution < -0.4 is 5.32 Å². The Hall–Kier alpha value is -1.25. The minimum atomic E-state index is 0.583. The zero-order valence-electron chi connectivity index (χ0n) is 13.0. The Bertz CT molecular complexity index is 524. The van der Waals surface area contributed by atoms with Crippen molar-refractivity contribution >= 4 is 11.8 Å². The second-order valence-electron chi connectivity index (χ2n) is 5.49. The molecule has 2 rings (SSSR count). The summed E-state index contributed by atoms with van der Waals surface area (Å²) in [6.45, 7) is 2.15. The predicted molar refractivity (Wildman–Crippen MR) is 94.1 cm³/mol. The van der Waals surface area contributed by atoms with Gasteiger partial charge in [-0.3, -0.25) is 0 Å². The summed E-state index contributed by atoms with van der Waals surface area (Å²) in [7, 11) is 2.07. The van der Waals surface area contributed by atoms with Gasteiger partial charge in [-0.1, -0.05) is 48.0 Å². The van der Waals surface area contributed by atoms with Gasteiger partial charge in [0.25, 0.3) is 0 Å². The van der Waals surface area contributed by atoms with E-state index < -0.39 is 0 Å². The highest BCUT2D eigenvalue weighted by Gasteiger charge is 2.07. The topological polar surface area (TPSA) is 12.0 Å². The fraction of sp³-hybridized carbons (Fsp3) is 0.368. The van der Waals surface area contributed by atoms with Gasteiger partial charge in [-0.05, 0) is 50.9 Å². The van der Waals surface area contributed by atoms with E-state index in [1.165, 1.54) is 35.3 Å². The van der Waals surface area contributed by atoms with E-state index in [1.807, 2.05) is 11.8 Å². The molecule has 0 fully saturated rings. The van der Waals surface area contributed by atoms with Crippen molar-refractivity contribution in [3.05, 3.63) is 65.7 Å². The first-order valence-electron chi connectivity index (χ1n) is 7.68. The van der Waals surface area contributed by atoms with Crippen molar-refractivity contribution in [2.45, 2.75) is 37.1 Å². The van der Waals surface area contributed by atoms with Gasteiger partial charge in [0, 0.05) is 16.7 Å². The van der Waals surface area contributed by atoms with Gasteiger partial charge in [0.2, 0.25) is 0 Å². The van der Waals surface area contributed by atoms with Crippen LogP contribution in [0.15, 0.2) is 59.5 Å². The molecule has 0 amide bonds. The number of benzene rings is 2. The van der Waals surface area contributed by atoms with Gasteiger partial charge in [0.05, 0.1) is 0 Å². The van der Waals surface area contributed by atoms with Crippen LogP contribution in [0.3, 0.4) is 0 Å². The van der Waals surface area contributed by atoms with Crippen molar-refractivity contribution in [2.75, 3.05) is 12.8 Å². The van der Waals surface area contributed by atoms with Crippen molar-refractivity contribution < 1.29 is 0 Å². The molecular formula is C19H25NS. The van der Waals surface area contributed by atoms with Crippen molar-refractivity contribution in [2.24, 2.45) is 0 Å². The maximum atomic E-state index is 3.45. The normalized spacial score (nSPS) is 12.3. The third-order valence-electron chi connectivity index (χ3n) is 3.71. The number of hydrogen-bond donors (Lipinski definition) is 1. The summed E-state index contributed by atoms with van der Waals surface area (Å²) < 4.78 is 0. The lowest BCUT2D eigenvalue weighted by atomic mass is 10.1. The molecule has 0 saturated carbocycles. The van der Waals surface area contributed by atoms with Crippen LogP contribution >= 0.6 is 11.8 Å². The zero-order chi connectivity index (χ0) is 14.9. The van der Waals surface area contributed by atoms with Crippen LogP contribution in [-0.4, -0.2) is 18.8 Å². The quantitative estimate of drug-likeness (QED) is 0.709. The number of thioether (sulfide) groups is 1. The number of nitrogens with one attached hydrogen (secondary N) is 1. The fourth-order valence-electron chi connectivity index (χ4n) is 2.41. The summed E-state index contributed by atoms with van der Waals surface area (Å²) in [4.78, 5) is 1.37. The van der Waals surface area contributed by atoms with Gasteiger partial charge in [-0.15, -0.1) is 11.8 Å². The number of hydrogen-bond acceptors (Lipinski definition) is 2. The van der Waals surface area contributed by atoms with Crippen LogP contribution in [0, 0.1) is 6.92 Å². The van der Waals surface area contributed by atoms with Gasteiger partial charge < -0.3 is 5.32 Å². The molecule has 1 atom stereocenters. The molecule has 0 bridgehead atoms. The van der Waals surface area contributed by atoms with Crippen molar-refractivity contribution in [3.8, 4) is 0 Å². The van der Waals surface area contributed by atoms with E-state index in [0.717, 1.165) is 5.75 Å². The molecule has 2 aromatic rings. The first kappa shape index (κ1) is 16.1. The summed E-state index contributed by atoms with van der Waals surface area (Å²) in [5.74, 6) is 1.13. The molecule has 1 unspecified atom stereocenters. The Kier molecular flexibility index (Phi) is 6.84. The summed E-state index contributed by atoms with van der Waals surface area (Å²) in [5.41, 5.74) is 2.78. The highest BCUT2D eigenvalue weighted by Crippen LogP contribution is 2.21. The van der Waals surface area contributed by atoms with E-state index in [1.54, 1.807) is 0 Å². The van der Waals surface area contributed by atoms with Crippen molar-refractivity contribution in [1.29, 1.82) is 0 Å². The smallest absolute Gasteiger partial charge is 0.0158 e. The first-order chi connectivity index (χ1) is 10.3. The van der Waals surface area contributed by atoms with Crippen LogP contribution in [0.5, 0.6) is 0 Å². The third kappa shape index (κ3) is 5.94. The highest BCUT2D eigenvalue weighted by molar-refractivity contribution is 7.99. The molecule has 0 aliphatic carbocycles. The average Bonchev–Trinajstić information content (AvgIpc) is 2.52. The Morgan fingerprint density at radius 3 is 2.57 bits per heavy atom. The molecule has 2 aromatic carbocycles. The van der Waals surface area contributed by atoms with Gasteiger partial charge in [0.1, 0.15) is 0 Å². The molecule has 112 valence electrons. The zero-order valence-corrected chi connectivity index (χ0v) is 13.8. The molecule has 0 aromatic heterocycles. The van der Waals surface area contributed by atoms with Gasteiger partial charge in [-0.25, -0.2) is 0 Å². The van der Waals surface area contributed by atoms with Crippen molar-refractivity contribution in [3.63, 3.8) is 0 Å². The van der Waals surface area contributed by atoms with E-state index in [2.05, 4.69) is 73.9 Å². The lowest BCUT2D eigenvalue weighted by molar-refractivity contribution is 0.549. The molecule has 0 radical (unpaired) electrons. The van der Waals surface area contributed by atoms with E-state index in [0.29, 0.717) is 6.04 Å². The molecule has 0 spiro atoms. The number of rotatable bonds is 8. The maximum absolute atomic E-state index is 3.45. The summed E-state index contributed by atoms with van der Waals surface area (Å²) in [5, 5.41) is 3.45. The average molecular weight is 299 g/mol. The molecular weight excluding hydrogens is 274 g/mol. The van der Waals surface area contributed by atoms with Gasteiger partial charge in [0.15, 0.2) is 0 Å². The van der Waals surface area contributed by atoms with Crippen LogP contribution in [0.4, 0.5) is 0 Å². The monoisotopic (exact) mass is 299 g/mol. The highest BCUT2D eigenvalue weighted by atomic mass is 32.2. The summed E-state index contributed by atoms with van der Waals surface area (Å²) in [6.07, 6.45) is 3.64. The van der Waals surface area contributed by atoms with Crippen LogP contribution in [0.2, 0.25) is 0 Å². The van der Waals surface area contributed by atoms with Crippen LogP contribution in [0.1, 0.15) is 24.0 Å². The van der Waals surface area contributed by atoms with Gasteiger partial charge >= 0.3 is 0 Å². The third-order valence-corrected chi connectivity index (χ3v) is 4.87.